The third-order valence-corrected chi connectivity index (χ3v) is 9.90. The molecule has 9 heteroatoms. The van der Waals surface area contributed by atoms with Crippen molar-refractivity contribution in [1.29, 1.82) is 0 Å². The summed E-state index contributed by atoms with van der Waals surface area (Å²) in [5.74, 6) is -0.193. The predicted octanol–water partition coefficient (Wildman–Crippen LogP) is 12.2. The highest BCUT2D eigenvalue weighted by Crippen LogP contribution is 2.30. The van der Waals surface area contributed by atoms with E-state index >= 15 is 0 Å². The van der Waals surface area contributed by atoms with Crippen molar-refractivity contribution in [2.24, 2.45) is 0 Å². The van der Waals surface area contributed by atoms with E-state index in [1.165, 1.54) is 103 Å². The van der Waals surface area contributed by atoms with Crippen molar-refractivity contribution in [3.8, 4) is 23.0 Å². The molecule has 2 unspecified atom stereocenters. The van der Waals surface area contributed by atoms with Crippen LogP contribution in [0.25, 0.3) is 0 Å². The molecule has 0 aliphatic carbocycles. The van der Waals surface area contributed by atoms with Crippen molar-refractivity contribution in [2.45, 2.75) is 180 Å². The van der Waals surface area contributed by atoms with Crippen molar-refractivity contribution in [1.82, 2.24) is 0 Å². The maximum atomic E-state index is 12.0. The van der Waals surface area contributed by atoms with Crippen molar-refractivity contribution in [3.05, 3.63) is 48.5 Å². The van der Waals surface area contributed by atoms with Gasteiger partial charge in [0.05, 0.1) is 13.2 Å². The molecular formula is C46H74O9. The predicted molar refractivity (Wildman–Crippen MR) is 221 cm³/mol. The van der Waals surface area contributed by atoms with E-state index < -0.39 is 24.1 Å². The lowest BCUT2D eigenvalue weighted by Gasteiger charge is -2.18. The largest absolute Gasteiger partial charge is 0.487 e. The summed E-state index contributed by atoms with van der Waals surface area (Å²) in [6.45, 7) is 5.55. The summed E-state index contributed by atoms with van der Waals surface area (Å²) in [6, 6.07) is 14.2. The minimum Gasteiger partial charge on any atom is -0.487 e. The van der Waals surface area contributed by atoms with Crippen LogP contribution in [-0.2, 0) is 14.3 Å². The normalized spacial score (nSPS) is 12.3. The van der Waals surface area contributed by atoms with Crippen LogP contribution in [0.1, 0.15) is 168 Å². The third-order valence-electron chi connectivity index (χ3n) is 9.90. The molecule has 9 nitrogen and oxygen atoms in total. The highest BCUT2D eigenvalue weighted by atomic mass is 16.6. The number of para-hydroxylation sites is 4. The number of hydrogen-bond donors (Lipinski definition) is 2. The van der Waals surface area contributed by atoms with Gasteiger partial charge in [0.1, 0.15) is 13.2 Å². The minimum atomic E-state index is -0.972. The van der Waals surface area contributed by atoms with E-state index in [-0.39, 0.29) is 26.4 Å². The van der Waals surface area contributed by atoms with Crippen LogP contribution in [0.4, 0.5) is 0 Å². The van der Waals surface area contributed by atoms with Gasteiger partial charge < -0.3 is 33.9 Å². The van der Waals surface area contributed by atoms with Gasteiger partial charge in [0.25, 0.3) is 0 Å². The van der Waals surface area contributed by atoms with E-state index in [1.54, 1.807) is 36.4 Å². The number of aliphatic carboxylic acids is 2. The van der Waals surface area contributed by atoms with Crippen LogP contribution in [-0.4, -0.2) is 60.8 Å². The van der Waals surface area contributed by atoms with Gasteiger partial charge in [-0.3, -0.25) is 0 Å². The molecule has 0 fully saturated rings. The van der Waals surface area contributed by atoms with E-state index in [0.717, 1.165) is 38.5 Å². The molecule has 0 amide bonds. The lowest BCUT2D eigenvalue weighted by atomic mass is 10.0. The third kappa shape index (κ3) is 23.9. The summed E-state index contributed by atoms with van der Waals surface area (Å²) in [6.07, 6.45) is 25.6. The number of carboxylic acids is 2. The van der Waals surface area contributed by atoms with Crippen molar-refractivity contribution in [3.63, 3.8) is 0 Å². The Morgan fingerprint density at radius 2 is 0.727 bits per heavy atom. The van der Waals surface area contributed by atoms with Crippen LogP contribution in [0.2, 0.25) is 0 Å². The summed E-state index contributed by atoms with van der Waals surface area (Å²) < 4.78 is 29.4. The van der Waals surface area contributed by atoms with Crippen LogP contribution in [0.15, 0.2) is 48.5 Å². The highest BCUT2D eigenvalue weighted by molar-refractivity contribution is 5.73. The van der Waals surface area contributed by atoms with Crippen molar-refractivity contribution in [2.75, 3.05) is 26.4 Å². The molecule has 2 N–H and O–H groups in total. The lowest BCUT2D eigenvalue weighted by Crippen LogP contribution is -2.27. The van der Waals surface area contributed by atoms with Gasteiger partial charge >= 0.3 is 11.9 Å². The molecule has 0 spiro atoms. The molecule has 0 heterocycles. The van der Waals surface area contributed by atoms with Gasteiger partial charge in [-0.2, -0.15) is 0 Å². The maximum Gasteiger partial charge on any atom is 0.344 e. The van der Waals surface area contributed by atoms with Gasteiger partial charge in [-0.05, 0) is 49.9 Å². The molecule has 0 saturated carbocycles. The van der Waals surface area contributed by atoms with Crippen molar-refractivity contribution >= 4 is 11.9 Å². The van der Waals surface area contributed by atoms with E-state index in [9.17, 15) is 19.8 Å². The first-order valence-corrected chi connectivity index (χ1v) is 21.8. The maximum absolute atomic E-state index is 12.0. The van der Waals surface area contributed by atoms with Gasteiger partial charge in [-0.15, -0.1) is 0 Å². The van der Waals surface area contributed by atoms with Crippen LogP contribution < -0.4 is 18.9 Å². The van der Waals surface area contributed by atoms with Crippen molar-refractivity contribution < 1.29 is 43.5 Å². The molecule has 2 aromatic carbocycles. The van der Waals surface area contributed by atoms with Gasteiger partial charge in [0, 0.05) is 0 Å². The Hall–Kier alpha value is -3.46. The summed E-state index contributed by atoms with van der Waals surface area (Å²) in [5, 5.41) is 19.6. The molecule has 312 valence electrons. The quantitative estimate of drug-likeness (QED) is 0.0643. The van der Waals surface area contributed by atoms with Gasteiger partial charge in [-0.25, -0.2) is 9.59 Å². The monoisotopic (exact) mass is 771 g/mol. The van der Waals surface area contributed by atoms with Gasteiger partial charge in [0.15, 0.2) is 35.2 Å². The highest BCUT2D eigenvalue weighted by Gasteiger charge is 2.22. The van der Waals surface area contributed by atoms with Crippen LogP contribution in [0, 0.1) is 0 Å². The smallest absolute Gasteiger partial charge is 0.344 e. The van der Waals surface area contributed by atoms with Gasteiger partial charge in [-0.1, -0.05) is 167 Å². The molecule has 2 atom stereocenters. The van der Waals surface area contributed by atoms with E-state index in [4.69, 9.17) is 23.7 Å². The van der Waals surface area contributed by atoms with Crippen LogP contribution in [0.3, 0.4) is 0 Å². The second-order valence-electron chi connectivity index (χ2n) is 14.7. The molecule has 0 radical (unpaired) electrons. The fraction of sp³-hybridized carbons (Fsp3) is 0.696. The molecule has 2 aromatic rings. The number of carboxylic acid groups (broad SMARTS) is 2. The average molecular weight is 771 g/mol. The molecular weight excluding hydrogens is 696 g/mol. The van der Waals surface area contributed by atoms with Crippen LogP contribution >= 0.6 is 0 Å². The Labute approximate surface area is 332 Å². The zero-order chi connectivity index (χ0) is 39.6. The molecule has 2 rings (SSSR count). The Balaban J connectivity index is 1.64. The second-order valence-corrected chi connectivity index (χ2v) is 14.7. The Morgan fingerprint density at radius 3 is 1.04 bits per heavy atom. The number of benzene rings is 2. The Kier molecular flexibility index (Phi) is 28.4. The summed E-state index contributed by atoms with van der Waals surface area (Å²) in [5.41, 5.74) is 0. The van der Waals surface area contributed by atoms with Gasteiger partial charge in [0.2, 0.25) is 0 Å². The fourth-order valence-electron chi connectivity index (χ4n) is 6.62. The number of rotatable bonds is 38. The minimum absolute atomic E-state index is 0.246. The zero-order valence-corrected chi connectivity index (χ0v) is 34.3. The molecule has 0 aliphatic heterocycles. The summed E-state index contributed by atoms with van der Waals surface area (Å²) in [7, 11) is 0. The lowest BCUT2D eigenvalue weighted by molar-refractivity contribution is -0.146. The molecule has 55 heavy (non-hydrogen) atoms. The average Bonchev–Trinajstić information content (AvgIpc) is 3.18. The zero-order valence-electron chi connectivity index (χ0n) is 34.3. The second kappa shape index (κ2) is 32.8. The molecule has 0 bridgehead atoms. The Morgan fingerprint density at radius 1 is 0.436 bits per heavy atom. The first kappa shape index (κ1) is 47.7. The number of hydrogen-bond acceptors (Lipinski definition) is 7. The Bertz CT molecular complexity index is 1140. The standard InChI is InChI=1S/C46H74O9/c1-3-5-7-9-11-13-15-17-19-21-23-33-43(45(47)48)54-41-31-27-25-29-39(41)52-37-35-51-36-38-53-40-30-26-28-32-42(40)55-44(46(49)50)34-24-22-20-18-16-14-12-10-8-6-4-2/h25-32,43-44H,3-24,33-38H2,1-2H3,(H,47,48)(H,49,50). The number of unbranched alkanes of at least 4 members (excludes halogenated alkanes) is 20. The van der Waals surface area contributed by atoms with E-state index in [1.807, 2.05) is 12.1 Å². The molecule has 0 aromatic heterocycles. The molecule has 0 aliphatic rings. The van der Waals surface area contributed by atoms with E-state index in [2.05, 4.69) is 13.8 Å². The van der Waals surface area contributed by atoms with Crippen LogP contribution in [0.5, 0.6) is 23.0 Å². The topological polar surface area (TPSA) is 121 Å². The SMILES string of the molecule is CCCCCCCCCCCCCC(Oc1ccccc1OCCOCCOc1ccccc1OC(CCCCCCCCCCCCC)C(=O)O)C(=O)O. The summed E-state index contributed by atoms with van der Waals surface area (Å²) in [4.78, 5) is 24.0. The first-order valence-electron chi connectivity index (χ1n) is 21.8. The number of ether oxygens (including phenoxy) is 5. The summed E-state index contributed by atoms with van der Waals surface area (Å²) >= 11 is 0. The first-order chi connectivity index (χ1) is 27.0. The fourth-order valence-corrected chi connectivity index (χ4v) is 6.62. The van der Waals surface area contributed by atoms with E-state index in [0.29, 0.717) is 35.8 Å². The molecule has 0 saturated heterocycles. The number of carbonyl (C=O) groups is 2.